The van der Waals surface area contributed by atoms with E-state index in [1.54, 1.807) is 19.9 Å². The SMILES string of the molecule is C#CC(C)(C)NC(=O)c1ncccc1O. The Morgan fingerprint density at radius 2 is 2.33 bits per heavy atom. The maximum atomic E-state index is 11.6. The first-order valence-corrected chi connectivity index (χ1v) is 4.40. The van der Waals surface area contributed by atoms with Crippen molar-refractivity contribution in [3.05, 3.63) is 24.0 Å². The van der Waals surface area contributed by atoms with Crippen molar-refractivity contribution in [1.82, 2.24) is 10.3 Å². The second-order valence-corrected chi connectivity index (χ2v) is 3.59. The first-order valence-electron chi connectivity index (χ1n) is 4.40. The molecular formula is C11H12N2O2. The van der Waals surface area contributed by atoms with E-state index in [1.165, 1.54) is 12.3 Å². The highest BCUT2D eigenvalue weighted by Gasteiger charge is 2.20. The summed E-state index contributed by atoms with van der Waals surface area (Å²) in [6.07, 6.45) is 6.65. The lowest BCUT2D eigenvalue weighted by Crippen LogP contribution is -2.42. The second-order valence-electron chi connectivity index (χ2n) is 3.59. The monoisotopic (exact) mass is 204 g/mol. The van der Waals surface area contributed by atoms with E-state index in [0.717, 1.165) is 0 Å². The number of nitrogens with zero attached hydrogens (tertiary/aromatic N) is 1. The topological polar surface area (TPSA) is 62.2 Å². The fourth-order valence-corrected chi connectivity index (χ4v) is 0.951. The molecule has 0 fully saturated rings. The number of hydrogen-bond acceptors (Lipinski definition) is 3. The predicted molar refractivity (Wildman–Crippen MR) is 56.3 cm³/mol. The van der Waals surface area contributed by atoms with Crippen LogP contribution in [0.3, 0.4) is 0 Å². The third-order valence-corrected chi connectivity index (χ3v) is 1.79. The van der Waals surface area contributed by atoms with Crippen LogP contribution in [-0.4, -0.2) is 21.5 Å². The zero-order valence-corrected chi connectivity index (χ0v) is 8.61. The molecule has 0 aliphatic rings. The summed E-state index contributed by atoms with van der Waals surface area (Å²) < 4.78 is 0. The maximum absolute atomic E-state index is 11.6. The molecule has 0 spiro atoms. The van der Waals surface area contributed by atoms with Crippen LogP contribution >= 0.6 is 0 Å². The molecule has 0 bridgehead atoms. The number of hydrogen-bond donors (Lipinski definition) is 2. The van der Waals surface area contributed by atoms with Crippen molar-refractivity contribution >= 4 is 5.91 Å². The van der Waals surface area contributed by atoms with Gasteiger partial charge in [0.05, 0.1) is 5.54 Å². The average Bonchev–Trinajstić information content (AvgIpc) is 2.17. The average molecular weight is 204 g/mol. The van der Waals surface area contributed by atoms with Crippen LogP contribution in [0.25, 0.3) is 0 Å². The van der Waals surface area contributed by atoms with Gasteiger partial charge in [-0.1, -0.05) is 5.92 Å². The minimum atomic E-state index is -0.763. The van der Waals surface area contributed by atoms with Gasteiger partial charge in [0.15, 0.2) is 5.69 Å². The Morgan fingerprint density at radius 3 is 2.87 bits per heavy atom. The van der Waals surface area contributed by atoms with Crippen LogP contribution in [0.2, 0.25) is 0 Å². The molecule has 0 radical (unpaired) electrons. The number of pyridine rings is 1. The van der Waals surface area contributed by atoms with Gasteiger partial charge in [0.25, 0.3) is 5.91 Å². The number of rotatable bonds is 2. The van der Waals surface area contributed by atoms with Gasteiger partial charge in [-0.25, -0.2) is 4.98 Å². The molecule has 1 heterocycles. The van der Waals surface area contributed by atoms with Crippen molar-refractivity contribution in [2.24, 2.45) is 0 Å². The standard InChI is InChI=1S/C11H12N2O2/c1-4-11(2,3)13-10(15)9-8(14)6-5-7-12-9/h1,5-7,14H,2-3H3,(H,13,15). The molecule has 0 unspecified atom stereocenters. The van der Waals surface area contributed by atoms with Crippen LogP contribution in [0.4, 0.5) is 0 Å². The summed E-state index contributed by atoms with van der Waals surface area (Å²) in [6, 6.07) is 2.93. The number of aromatic hydroxyl groups is 1. The summed E-state index contributed by atoms with van der Waals surface area (Å²) in [7, 11) is 0. The largest absolute Gasteiger partial charge is 0.505 e. The van der Waals surface area contributed by atoms with Crippen LogP contribution in [0, 0.1) is 12.3 Å². The van der Waals surface area contributed by atoms with E-state index in [9.17, 15) is 9.90 Å². The van der Waals surface area contributed by atoms with Gasteiger partial charge in [-0.15, -0.1) is 6.42 Å². The highest BCUT2D eigenvalue weighted by Crippen LogP contribution is 2.13. The third kappa shape index (κ3) is 2.71. The molecule has 78 valence electrons. The molecule has 0 aromatic carbocycles. The van der Waals surface area contributed by atoms with Crippen molar-refractivity contribution in [1.29, 1.82) is 0 Å². The molecule has 0 atom stereocenters. The number of carbonyl (C=O) groups is 1. The Balaban J connectivity index is 2.89. The van der Waals surface area contributed by atoms with Gasteiger partial charge in [-0.05, 0) is 26.0 Å². The van der Waals surface area contributed by atoms with Gasteiger partial charge in [0.1, 0.15) is 5.75 Å². The number of nitrogens with one attached hydrogen (secondary N) is 1. The number of amides is 1. The van der Waals surface area contributed by atoms with Crippen LogP contribution in [-0.2, 0) is 0 Å². The molecule has 4 heteroatoms. The molecule has 1 rings (SSSR count). The molecule has 4 nitrogen and oxygen atoms in total. The molecule has 1 amide bonds. The van der Waals surface area contributed by atoms with E-state index in [-0.39, 0.29) is 11.4 Å². The number of terminal acetylenes is 1. The zero-order valence-electron chi connectivity index (χ0n) is 8.61. The molecule has 0 saturated heterocycles. The third-order valence-electron chi connectivity index (χ3n) is 1.79. The molecule has 15 heavy (non-hydrogen) atoms. The van der Waals surface area contributed by atoms with Gasteiger partial charge in [-0.2, -0.15) is 0 Å². The predicted octanol–water partition coefficient (Wildman–Crippen LogP) is 0.929. The van der Waals surface area contributed by atoms with E-state index in [0.29, 0.717) is 0 Å². The summed E-state index contributed by atoms with van der Waals surface area (Å²) in [5.41, 5.74) is -0.790. The molecule has 1 aromatic rings. The smallest absolute Gasteiger partial charge is 0.274 e. The van der Waals surface area contributed by atoms with E-state index in [2.05, 4.69) is 16.2 Å². The van der Waals surface area contributed by atoms with E-state index < -0.39 is 11.4 Å². The normalized spacial score (nSPS) is 10.5. The van der Waals surface area contributed by atoms with Crippen LogP contribution in [0.5, 0.6) is 5.75 Å². The summed E-state index contributed by atoms with van der Waals surface area (Å²) in [4.78, 5) is 15.4. The lowest BCUT2D eigenvalue weighted by molar-refractivity contribution is 0.0922. The maximum Gasteiger partial charge on any atom is 0.274 e. The van der Waals surface area contributed by atoms with Gasteiger partial charge >= 0.3 is 0 Å². The van der Waals surface area contributed by atoms with Crippen molar-refractivity contribution in [2.45, 2.75) is 19.4 Å². The summed E-state index contributed by atoms with van der Waals surface area (Å²) >= 11 is 0. The van der Waals surface area contributed by atoms with E-state index in [4.69, 9.17) is 6.42 Å². The highest BCUT2D eigenvalue weighted by atomic mass is 16.3. The molecule has 0 saturated carbocycles. The fourth-order valence-electron chi connectivity index (χ4n) is 0.951. The quantitative estimate of drug-likeness (QED) is 0.704. The van der Waals surface area contributed by atoms with Crippen molar-refractivity contribution < 1.29 is 9.90 Å². The molecule has 1 aromatic heterocycles. The second kappa shape index (κ2) is 4.01. The van der Waals surface area contributed by atoms with Crippen LogP contribution in [0.1, 0.15) is 24.3 Å². The number of aromatic nitrogens is 1. The molecule has 0 aliphatic carbocycles. The van der Waals surface area contributed by atoms with Gasteiger partial charge in [0.2, 0.25) is 0 Å². The van der Waals surface area contributed by atoms with Gasteiger partial charge < -0.3 is 10.4 Å². The Labute approximate surface area is 88.3 Å². The summed E-state index contributed by atoms with van der Waals surface area (Å²) in [6.45, 7) is 3.37. The minimum absolute atomic E-state index is 0.0270. The molecule has 2 N–H and O–H groups in total. The lowest BCUT2D eigenvalue weighted by atomic mass is 10.1. The Bertz CT molecular complexity index is 419. The minimum Gasteiger partial charge on any atom is -0.505 e. The highest BCUT2D eigenvalue weighted by molar-refractivity contribution is 5.95. The van der Waals surface area contributed by atoms with Crippen molar-refractivity contribution in [2.75, 3.05) is 0 Å². The number of carbonyl (C=O) groups excluding carboxylic acids is 1. The Hall–Kier alpha value is -2.02. The van der Waals surface area contributed by atoms with Crippen LogP contribution < -0.4 is 5.32 Å². The summed E-state index contributed by atoms with van der Waals surface area (Å²) in [5.74, 6) is 1.77. The Kier molecular flexibility index (Phi) is 2.96. The fraction of sp³-hybridized carbons (Fsp3) is 0.273. The van der Waals surface area contributed by atoms with Crippen LogP contribution in [0.15, 0.2) is 18.3 Å². The van der Waals surface area contributed by atoms with Crippen molar-refractivity contribution in [3.8, 4) is 18.1 Å². The molecule has 0 aliphatic heterocycles. The lowest BCUT2D eigenvalue weighted by Gasteiger charge is -2.19. The van der Waals surface area contributed by atoms with Gasteiger partial charge in [-0.3, -0.25) is 4.79 Å². The van der Waals surface area contributed by atoms with Gasteiger partial charge in [0, 0.05) is 6.20 Å². The van der Waals surface area contributed by atoms with Crippen molar-refractivity contribution in [3.63, 3.8) is 0 Å². The van der Waals surface area contributed by atoms with E-state index >= 15 is 0 Å². The van der Waals surface area contributed by atoms with E-state index in [1.807, 2.05) is 0 Å². The first kappa shape index (κ1) is 11.1. The first-order chi connectivity index (χ1) is 6.96. The molecular weight excluding hydrogens is 192 g/mol. The summed E-state index contributed by atoms with van der Waals surface area (Å²) in [5, 5.41) is 11.9. The zero-order chi connectivity index (χ0) is 11.5. The Morgan fingerprint density at radius 1 is 1.67 bits per heavy atom.